The van der Waals surface area contributed by atoms with Gasteiger partial charge in [-0.15, -0.1) is 22.7 Å². The van der Waals surface area contributed by atoms with Crippen molar-refractivity contribution in [3.05, 3.63) is 261 Å². The Hall–Kier alpha value is -8.34. The average molecular weight is 914 g/mol. The van der Waals surface area contributed by atoms with Crippen LogP contribution in [0.3, 0.4) is 0 Å². The lowest BCUT2D eigenvalue weighted by atomic mass is 9.89. The van der Waals surface area contributed by atoms with Crippen molar-refractivity contribution in [3.8, 4) is 66.8 Å². The molecule has 0 atom stereocenters. The van der Waals surface area contributed by atoms with Gasteiger partial charge in [0.15, 0.2) is 0 Å². The van der Waals surface area contributed by atoms with Crippen molar-refractivity contribution >= 4 is 80.1 Å². The molecule has 0 bridgehead atoms. The highest BCUT2D eigenvalue weighted by atomic mass is 32.1. The molecule has 0 spiro atoms. The maximum absolute atomic E-state index is 2.46. The summed E-state index contributed by atoms with van der Waals surface area (Å²) < 4.78 is 5.18. The summed E-state index contributed by atoms with van der Waals surface area (Å²) in [5.41, 5.74) is 17.9. The van der Waals surface area contributed by atoms with Crippen LogP contribution in [0.15, 0.2) is 261 Å². The quantitative estimate of drug-likeness (QED) is 0.139. The second-order valence-electron chi connectivity index (χ2n) is 17.6. The molecule has 0 saturated heterocycles. The van der Waals surface area contributed by atoms with Crippen molar-refractivity contribution in [1.82, 2.24) is 0 Å². The number of nitrogens with zero attached hydrogens (tertiary/aromatic N) is 1. The molecule has 11 aromatic carbocycles. The van der Waals surface area contributed by atoms with Crippen LogP contribution in [0.1, 0.15) is 0 Å². The number of rotatable bonds is 9. The summed E-state index contributed by atoms with van der Waals surface area (Å²) in [6.07, 6.45) is 0. The molecular weight excluding hydrogens is 871 g/mol. The maximum atomic E-state index is 2.46. The van der Waals surface area contributed by atoms with E-state index in [4.69, 9.17) is 0 Å². The van der Waals surface area contributed by atoms with Crippen molar-refractivity contribution in [2.24, 2.45) is 0 Å². The molecule has 13 aromatic rings. The summed E-state index contributed by atoms with van der Waals surface area (Å²) >= 11 is 3.76. The van der Waals surface area contributed by atoms with Crippen molar-refractivity contribution in [2.75, 3.05) is 4.90 Å². The smallest absolute Gasteiger partial charge is 0.0640 e. The van der Waals surface area contributed by atoms with Gasteiger partial charge in [-0.3, -0.25) is 0 Å². The van der Waals surface area contributed by atoms with Gasteiger partial charge in [0.2, 0.25) is 0 Å². The number of hydrogen-bond donors (Lipinski definition) is 0. The van der Waals surface area contributed by atoms with Gasteiger partial charge < -0.3 is 4.90 Å². The van der Waals surface area contributed by atoms with Crippen LogP contribution in [-0.2, 0) is 0 Å². The lowest BCUT2D eigenvalue weighted by molar-refractivity contribution is 1.30. The van der Waals surface area contributed by atoms with Gasteiger partial charge in [0, 0.05) is 52.6 Å². The lowest BCUT2D eigenvalue weighted by Gasteiger charge is -2.26. The molecule has 0 radical (unpaired) electrons. The fraction of sp³-hybridized carbons (Fsp3) is 0. The standard InChI is InChI=1S/C66H43NS2/c1-4-17-44(18-5-1)50-41-60(47-21-8-3-9-22-47)65-61(42-50)59-28-16-29-62(66(59)69-65)67(51-36-31-45(32-37-51)49-35-40-58-57-27-14-15-30-63(57)68-64(58)43-49)52-38-33-48(34-39-52)54-24-11-13-26-56(54)55-25-12-10-23-53(55)46-19-6-2-7-20-46/h1-43H. The highest BCUT2D eigenvalue weighted by molar-refractivity contribution is 7.27. The number of hydrogen-bond acceptors (Lipinski definition) is 3. The SMILES string of the molecule is c1ccc(-c2cc(-c3ccccc3)c3sc4c(N(c5ccc(-c6ccc7c(c6)sc6ccccc67)cc5)c5ccc(-c6ccccc6-c6ccccc6-c6ccccc6)cc5)cccc4c3c2)cc1. The van der Waals surface area contributed by atoms with E-state index in [1.165, 1.54) is 107 Å². The first-order chi connectivity index (χ1) is 34.2. The van der Waals surface area contributed by atoms with E-state index in [0.717, 1.165) is 17.1 Å². The molecule has 0 N–H and O–H groups in total. The third-order valence-corrected chi connectivity index (χ3v) is 15.9. The van der Waals surface area contributed by atoms with E-state index in [1.54, 1.807) is 0 Å². The maximum Gasteiger partial charge on any atom is 0.0640 e. The molecule has 0 fully saturated rings. The van der Waals surface area contributed by atoms with Crippen LogP contribution < -0.4 is 4.90 Å². The molecule has 0 aliphatic carbocycles. The van der Waals surface area contributed by atoms with Gasteiger partial charge in [0.05, 0.1) is 10.4 Å². The second kappa shape index (κ2) is 17.4. The third-order valence-electron chi connectivity index (χ3n) is 13.5. The summed E-state index contributed by atoms with van der Waals surface area (Å²) in [5, 5.41) is 5.16. The first kappa shape index (κ1) is 40.9. The molecule has 324 valence electrons. The monoisotopic (exact) mass is 913 g/mol. The lowest BCUT2D eigenvalue weighted by Crippen LogP contribution is -2.10. The van der Waals surface area contributed by atoms with E-state index in [9.17, 15) is 0 Å². The van der Waals surface area contributed by atoms with Crippen LogP contribution in [-0.4, -0.2) is 0 Å². The predicted octanol–water partition coefficient (Wildman–Crippen LogP) is 19.9. The normalized spacial score (nSPS) is 11.5. The first-order valence-electron chi connectivity index (χ1n) is 23.5. The van der Waals surface area contributed by atoms with E-state index >= 15 is 0 Å². The number of fused-ring (bicyclic) bond motifs is 6. The zero-order valence-electron chi connectivity index (χ0n) is 37.6. The van der Waals surface area contributed by atoms with E-state index in [2.05, 4.69) is 266 Å². The van der Waals surface area contributed by atoms with E-state index in [-0.39, 0.29) is 0 Å². The fourth-order valence-electron chi connectivity index (χ4n) is 10.2. The Kier molecular flexibility index (Phi) is 10.3. The molecule has 0 aliphatic heterocycles. The van der Waals surface area contributed by atoms with Crippen LogP contribution in [0.25, 0.3) is 107 Å². The Bertz CT molecular complexity index is 3980. The topological polar surface area (TPSA) is 3.24 Å². The fourth-order valence-corrected chi connectivity index (χ4v) is 12.6. The second-order valence-corrected chi connectivity index (χ2v) is 19.7. The first-order valence-corrected chi connectivity index (χ1v) is 25.1. The highest BCUT2D eigenvalue weighted by Crippen LogP contribution is 2.49. The van der Waals surface area contributed by atoms with E-state index < -0.39 is 0 Å². The molecule has 0 unspecified atom stereocenters. The summed E-state index contributed by atoms with van der Waals surface area (Å²) in [6, 6.07) is 95.5. The molecule has 3 heteroatoms. The van der Waals surface area contributed by atoms with Crippen molar-refractivity contribution in [2.45, 2.75) is 0 Å². The van der Waals surface area contributed by atoms with E-state index in [1.807, 2.05) is 22.7 Å². The zero-order chi connectivity index (χ0) is 45.7. The molecule has 2 aromatic heterocycles. The van der Waals surface area contributed by atoms with Crippen molar-refractivity contribution in [3.63, 3.8) is 0 Å². The van der Waals surface area contributed by atoms with Gasteiger partial charge in [-0.2, -0.15) is 0 Å². The van der Waals surface area contributed by atoms with E-state index in [0.29, 0.717) is 0 Å². The Labute approximate surface area is 410 Å². The van der Waals surface area contributed by atoms with Crippen molar-refractivity contribution < 1.29 is 0 Å². The van der Waals surface area contributed by atoms with Gasteiger partial charge in [-0.05, 0) is 116 Å². The molecule has 0 saturated carbocycles. The number of anilines is 3. The highest BCUT2D eigenvalue weighted by Gasteiger charge is 2.22. The Morgan fingerprint density at radius 1 is 0.232 bits per heavy atom. The van der Waals surface area contributed by atoms with Crippen LogP contribution >= 0.6 is 22.7 Å². The Morgan fingerprint density at radius 3 is 1.36 bits per heavy atom. The average Bonchev–Trinajstić information content (AvgIpc) is 4.00. The molecule has 0 aliphatic rings. The van der Waals surface area contributed by atoms with Gasteiger partial charge >= 0.3 is 0 Å². The molecule has 2 heterocycles. The minimum absolute atomic E-state index is 1.10. The van der Waals surface area contributed by atoms with Crippen LogP contribution in [0.2, 0.25) is 0 Å². The number of thiophene rings is 2. The van der Waals surface area contributed by atoms with Gasteiger partial charge in [0.1, 0.15) is 0 Å². The summed E-state index contributed by atoms with van der Waals surface area (Å²) in [4.78, 5) is 2.46. The van der Waals surface area contributed by atoms with Crippen LogP contribution in [0.5, 0.6) is 0 Å². The van der Waals surface area contributed by atoms with Gasteiger partial charge in [-0.25, -0.2) is 0 Å². The Morgan fingerprint density at radius 2 is 0.710 bits per heavy atom. The zero-order valence-corrected chi connectivity index (χ0v) is 39.2. The molecular formula is C66H43NS2. The predicted molar refractivity (Wildman–Crippen MR) is 300 cm³/mol. The minimum Gasteiger partial charge on any atom is -0.309 e. The summed E-state index contributed by atoms with van der Waals surface area (Å²) in [5.74, 6) is 0. The molecule has 13 rings (SSSR count). The summed E-state index contributed by atoms with van der Waals surface area (Å²) in [6.45, 7) is 0. The van der Waals surface area contributed by atoms with Crippen molar-refractivity contribution in [1.29, 1.82) is 0 Å². The number of benzene rings is 11. The Balaban J connectivity index is 0.965. The van der Waals surface area contributed by atoms with Crippen LogP contribution in [0.4, 0.5) is 17.1 Å². The molecule has 69 heavy (non-hydrogen) atoms. The largest absolute Gasteiger partial charge is 0.309 e. The van der Waals surface area contributed by atoms with Crippen LogP contribution in [0, 0.1) is 0 Å². The van der Waals surface area contributed by atoms with Gasteiger partial charge in [-0.1, -0.05) is 206 Å². The molecule has 0 amide bonds. The summed E-state index contributed by atoms with van der Waals surface area (Å²) in [7, 11) is 0. The third kappa shape index (κ3) is 7.41. The minimum atomic E-state index is 1.10. The molecule has 1 nitrogen and oxygen atoms in total. The van der Waals surface area contributed by atoms with Gasteiger partial charge in [0.25, 0.3) is 0 Å².